The number of esters is 1. The Bertz CT molecular complexity index is 888. The van der Waals surface area contributed by atoms with Gasteiger partial charge in [-0.25, -0.2) is 0 Å². The predicted molar refractivity (Wildman–Crippen MR) is 111 cm³/mol. The lowest BCUT2D eigenvalue weighted by Crippen LogP contribution is -2.60. The largest absolute Gasteiger partial charge is 0.463 e. The molecule has 2 amide bonds. The van der Waals surface area contributed by atoms with E-state index in [9.17, 15) is 24.5 Å². The lowest BCUT2D eigenvalue weighted by atomic mass is 10.1. The summed E-state index contributed by atoms with van der Waals surface area (Å²) < 4.78 is 10.6. The summed E-state index contributed by atoms with van der Waals surface area (Å²) in [6, 6.07) is 4.25. The van der Waals surface area contributed by atoms with Gasteiger partial charge in [-0.1, -0.05) is 6.07 Å². The molecule has 0 radical (unpaired) electrons. The van der Waals surface area contributed by atoms with E-state index in [2.05, 4.69) is 10.6 Å². The number of amides is 2. The fourth-order valence-corrected chi connectivity index (χ4v) is 3.65. The molecular weight excluding hydrogens is 428 g/mol. The molecule has 2 heterocycles. The van der Waals surface area contributed by atoms with Crippen molar-refractivity contribution in [1.82, 2.24) is 15.5 Å². The predicted octanol–water partition coefficient (Wildman–Crippen LogP) is 0.522. The number of carbonyl (C=O) groups excluding carboxylic acids is 3. The van der Waals surface area contributed by atoms with Crippen molar-refractivity contribution in [3.63, 3.8) is 0 Å². The van der Waals surface area contributed by atoms with Crippen molar-refractivity contribution < 1.29 is 28.8 Å². The highest BCUT2D eigenvalue weighted by Crippen LogP contribution is 2.16. The molecule has 1 aromatic carbocycles. The molecule has 31 heavy (non-hydrogen) atoms. The van der Waals surface area contributed by atoms with Crippen molar-refractivity contribution >= 4 is 40.8 Å². The van der Waals surface area contributed by atoms with Gasteiger partial charge in [-0.05, 0) is 31.1 Å². The van der Waals surface area contributed by atoms with Gasteiger partial charge >= 0.3 is 5.97 Å². The van der Waals surface area contributed by atoms with E-state index in [-0.39, 0.29) is 48.6 Å². The van der Waals surface area contributed by atoms with Gasteiger partial charge in [-0.15, -0.1) is 0 Å². The zero-order valence-electron chi connectivity index (χ0n) is 16.6. The van der Waals surface area contributed by atoms with Crippen molar-refractivity contribution in [3.8, 4) is 0 Å². The summed E-state index contributed by atoms with van der Waals surface area (Å²) in [4.78, 5) is 48.8. The van der Waals surface area contributed by atoms with Crippen molar-refractivity contribution in [2.24, 2.45) is 0 Å². The summed E-state index contributed by atoms with van der Waals surface area (Å²) in [5.74, 6) is -1.64. The molecule has 3 rings (SSSR count). The van der Waals surface area contributed by atoms with E-state index in [0.29, 0.717) is 6.61 Å². The zero-order chi connectivity index (χ0) is 22.4. The first-order chi connectivity index (χ1) is 14.8. The van der Waals surface area contributed by atoms with Gasteiger partial charge in [-0.2, -0.15) is 0 Å². The molecule has 2 N–H and O–H groups in total. The molecule has 0 unspecified atom stereocenters. The highest BCUT2D eigenvalue weighted by Gasteiger charge is 2.34. The van der Waals surface area contributed by atoms with E-state index in [1.165, 1.54) is 23.1 Å². The number of nitro groups is 1. The summed E-state index contributed by atoms with van der Waals surface area (Å²) >= 11 is 5.28. The summed E-state index contributed by atoms with van der Waals surface area (Å²) in [7, 11) is 0. The van der Waals surface area contributed by atoms with Gasteiger partial charge in [0.1, 0.15) is 12.6 Å². The number of nitrogens with one attached hydrogen (secondary N) is 2. The van der Waals surface area contributed by atoms with Gasteiger partial charge < -0.3 is 19.7 Å². The molecule has 2 atom stereocenters. The minimum absolute atomic E-state index is 0.0468. The van der Waals surface area contributed by atoms with Crippen molar-refractivity contribution in [2.75, 3.05) is 26.3 Å². The lowest BCUT2D eigenvalue weighted by Gasteiger charge is -2.36. The minimum Gasteiger partial charge on any atom is -0.463 e. The van der Waals surface area contributed by atoms with Gasteiger partial charge in [0.15, 0.2) is 5.11 Å². The van der Waals surface area contributed by atoms with E-state index in [4.69, 9.17) is 21.7 Å². The van der Waals surface area contributed by atoms with Crippen LogP contribution in [0.25, 0.3) is 0 Å². The van der Waals surface area contributed by atoms with Gasteiger partial charge in [0.2, 0.25) is 5.91 Å². The molecule has 0 aromatic heterocycles. The third kappa shape index (κ3) is 5.95. The van der Waals surface area contributed by atoms with E-state index in [1.807, 2.05) is 0 Å². The third-order valence-electron chi connectivity index (χ3n) is 4.95. The van der Waals surface area contributed by atoms with Crippen LogP contribution in [-0.4, -0.2) is 71.2 Å². The van der Waals surface area contributed by atoms with Gasteiger partial charge in [0, 0.05) is 37.4 Å². The molecule has 2 aliphatic heterocycles. The van der Waals surface area contributed by atoms with Crippen LogP contribution in [0.4, 0.5) is 5.69 Å². The third-order valence-corrected chi connectivity index (χ3v) is 5.28. The Kier molecular flexibility index (Phi) is 7.47. The quantitative estimate of drug-likeness (QED) is 0.275. The Balaban J connectivity index is 1.61. The van der Waals surface area contributed by atoms with Crippen LogP contribution >= 0.6 is 12.2 Å². The maximum atomic E-state index is 12.5. The number of thiocarbonyl (C=S) groups is 1. The maximum absolute atomic E-state index is 12.5. The molecule has 11 nitrogen and oxygen atoms in total. The fourth-order valence-electron chi connectivity index (χ4n) is 3.34. The molecule has 2 saturated heterocycles. The highest BCUT2D eigenvalue weighted by atomic mass is 32.1. The van der Waals surface area contributed by atoms with Crippen molar-refractivity contribution in [2.45, 2.75) is 31.4 Å². The normalized spacial score (nSPS) is 20.6. The molecular formula is C19H22N4O7S. The van der Waals surface area contributed by atoms with Crippen LogP contribution in [0.5, 0.6) is 0 Å². The molecule has 0 bridgehead atoms. The van der Waals surface area contributed by atoms with Crippen LogP contribution < -0.4 is 10.6 Å². The minimum atomic E-state index is -0.941. The Morgan fingerprint density at radius 2 is 2.23 bits per heavy atom. The number of nitro benzene ring substituents is 1. The number of carbonyl (C=O) groups is 3. The van der Waals surface area contributed by atoms with E-state index < -0.39 is 28.7 Å². The summed E-state index contributed by atoms with van der Waals surface area (Å²) in [6.45, 7) is 1.33. The first-order valence-corrected chi connectivity index (χ1v) is 10.2. The molecule has 1 aromatic rings. The van der Waals surface area contributed by atoms with Crippen LogP contribution in [0.3, 0.4) is 0 Å². The topological polar surface area (TPSA) is 140 Å². The molecule has 12 heteroatoms. The molecule has 2 aliphatic rings. The number of nitrogens with zero attached hydrogens (tertiary/aromatic N) is 2. The second-order valence-electron chi connectivity index (χ2n) is 7.09. The highest BCUT2D eigenvalue weighted by molar-refractivity contribution is 7.80. The molecule has 2 fully saturated rings. The van der Waals surface area contributed by atoms with E-state index in [0.717, 1.165) is 18.9 Å². The van der Waals surface area contributed by atoms with Crippen LogP contribution in [0, 0.1) is 10.1 Å². The Morgan fingerprint density at radius 1 is 1.42 bits per heavy atom. The number of piperazine rings is 1. The number of non-ortho nitro benzene ring substituents is 1. The van der Waals surface area contributed by atoms with Crippen LogP contribution in [0.1, 0.15) is 29.6 Å². The first-order valence-electron chi connectivity index (χ1n) is 9.76. The number of hydrogen-bond acceptors (Lipinski definition) is 8. The van der Waals surface area contributed by atoms with Crippen LogP contribution in [-0.2, 0) is 19.1 Å². The second-order valence-corrected chi connectivity index (χ2v) is 7.48. The van der Waals surface area contributed by atoms with Gasteiger partial charge in [-0.3, -0.25) is 29.8 Å². The first kappa shape index (κ1) is 22.6. The van der Waals surface area contributed by atoms with Crippen LogP contribution in [0.2, 0.25) is 0 Å². The molecule has 166 valence electrons. The van der Waals surface area contributed by atoms with E-state index >= 15 is 0 Å². The number of hydrogen-bond donors (Lipinski definition) is 2. The van der Waals surface area contributed by atoms with Crippen LogP contribution in [0.15, 0.2) is 24.3 Å². The summed E-state index contributed by atoms with van der Waals surface area (Å²) in [5, 5.41) is 16.0. The Labute approximate surface area is 183 Å². The molecule has 0 saturated carbocycles. The maximum Gasteiger partial charge on any atom is 0.308 e. The number of benzene rings is 1. The monoisotopic (exact) mass is 450 g/mol. The van der Waals surface area contributed by atoms with E-state index in [1.54, 1.807) is 0 Å². The number of rotatable bonds is 6. The SMILES string of the molecule is O=C(C[C@@H]1C(=O)NCCN1C(=S)NC(=O)c1cccc([N+](=O)[O-])c1)OC[C@@H]1CCCO1. The number of ether oxygens (including phenoxy) is 2. The average molecular weight is 450 g/mol. The van der Waals surface area contributed by atoms with Crippen molar-refractivity contribution in [1.29, 1.82) is 0 Å². The lowest BCUT2D eigenvalue weighted by molar-refractivity contribution is -0.384. The fraction of sp³-hybridized carbons (Fsp3) is 0.474. The summed E-state index contributed by atoms with van der Waals surface area (Å²) in [5.41, 5.74) is -0.187. The smallest absolute Gasteiger partial charge is 0.308 e. The average Bonchev–Trinajstić information content (AvgIpc) is 3.27. The molecule has 0 spiro atoms. The summed E-state index contributed by atoms with van der Waals surface area (Å²) in [6.07, 6.45) is 1.36. The van der Waals surface area contributed by atoms with Gasteiger partial charge in [0.25, 0.3) is 11.6 Å². The Hall–Kier alpha value is -3.12. The van der Waals surface area contributed by atoms with Gasteiger partial charge in [0.05, 0.1) is 17.4 Å². The second kappa shape index (κ2) is 10.3. The standard InChI is InChI=1S/C19H22N4O7S/c24-16(30-11-14-5-2-8-29-14)10-15-18(26)20-6-7-22(15)19(31)21-17(25)12-3-1-4-13(9-12)23(27)28/h1,3-4,9,14-15H,2,5-8,10-11H2,(H,20,26)(H,21,25,31)/t14-,15+/m0/s1. The van der Waals surface area contributed by atoms with Crippen molar-refractivity contribution in [3.05, 3.63) is 39.9 Å². The molecule has 0 aliphatic carbocycles. The Morgan fingerprint density at radius 3 is 2.94 bits per heavy atom. The zero-order valence-corrected chi connectivity index (χ0v) is 17.4.